The number of pyridine rings is 2. The fourth-order valence-electron chi connectivity index (χ4n) is 2.53. The summed E-state index contributed by atoms with van der Waals surface area (Å²) in [5.41, 5.74) is 2.57. The Labute approximate surface area is 132 Å². The summed E-state index contributed by atoms with van der Waals surface area (Å²) in [5.74, 6) is 0.559. The molecule has 1 amide bonds. The van der Waals surface area contributed by atoms with Gasteiger partial charge >= 0.3 is 0 Å². The summed E-state index contributed by atoms with van der Waals surface area (Å²) < 4.78 is 1.92. The Hall–Kier alpha value is -2.80. The van der Waals surface area contributed by atoms with Crippen molar-refractivity contribution in [3.05, 3.63) is 36.9 Å². The van der Waals surface area contributed by atoms with Crippen molar-refractivity contribution in [3.63, 3.8) is 0 Å². The first-order chi connectivity index (χ1) is 11.2. The van der Waals surface area contributed by atoms with E-state index in [1.165, 1.54) is 0 Å². The van der Waals surface area contributed by atoms with Crippen molar-refractivity contribution in [3.8, 4) is 11.4 Å². The van der Waals surface area contributed by atoms with Gasteiger partial charge in [0.15, 0.2) is 0 Å². The molecule has 1 aliphatic rings. The quantitative estimate of drug-likeness (QED) is 0.759. The predicted molar refractivity (Wildman–Crippen MR) is 86.7 cm³/mol. The maximum Gasteiger partial charge on any atom is 0.231 e. The van der Waals surface area contributed by atoms with E-state index in [9.17, 15) is 4.79 Å². The van der Waals surface area contributed by atoms with Gasteiger partial charge < -0.3 is 15.2 Å². The molecule has 3 aromatic heterocycles. The largest absolute Gasteiger partial charge is 0.332 e. The Morgan fingerprint density at radius 3 is 2.91 bits per heavy atom. The van der Waals surface area contributed by atoms with Crippen molar-refractivity contribution in [2.45, 2.75) is 0 Å². The number of nitrogens with one attached hydrogen (secondary N) is 2. The zero-order chi connectivity index (χ0) is 15.8. The van der Waals surface area contributed by atoms with Gasteiger partial charge in [-0.3, -0.25) is 4.79 Å². The maximum atomic E-state index is 12.0. The molecule has 1 aliphatic heterocycles. The summed E-state index contributed by atoms with van der Waals surface area (Å²) in [7, 11) is 1.93. The minimum Gasteiger partial charge on any atom is -0.332 e. The van der Waals surface area contributed by atoms with Gasteiger partial charge in [0.25, 0.3) is 0 Å². The highest BCUT2D eigenvalue weighted by atomic mass is 16.2. The number of nitrogens with zero attached hydrogens (tertiary/aromatic N) is 4. The molecule has 0 atom stereocenters. The molecule has 7 heteroatoms. The molecular weight excluding hydrogens is 292 g/mol. The number of hydrogen-bond acceptors (Lipinski definition) is 5. The second kappa shape index (κ2) is 5.44. The first kappa shape index (κ1) is 13.8. The van der Waals surface area contributed by atoms with E-state index in [1.807, 2.05) is 23.7 Å². The Morgan fingerprint density at radius 1 is 1.35 bits per heavy atom. The van der Waals surface area contributed by atoms with E-state index in [2.05, 4.69) is 25.6 Å². The molecule has 1 fully saturated rings. The summed E-state index contributed by atoms with van der Waals surface area (Å²) >= 11 is 0. The van der Waals surface area contributed by atoms with Crippen LogP contribution in [0, 0.1) is 5.92 Å². The lowest BCUT2D eigenvalue weighted by atomic mass is 10.0. The third-order valence-electron chi connectivity index (χ3n) is 4.06. The first-order valence-electron chi connectivity index (χ1n) is 7.46. The van der Waals surface area contributed by atoms with Gasteiger partial charge in [-0.1, -0.05) is 0 Å². The zero-order valence-electron chi connectivity index (χ0n) is 12.7. The van der Waals surface area contributed by atoms with Gasteiger partial charge in [-0.05, 0) is 12.1 Å². The molecule has 0 bridgehead atoms. The van der Waals surface area contributed by atoms with E-state index < -0.39 is 0 Å². The van der Waals surface area contributed by atoms with Crippen LogP contribution in [0.25, 0.3) is 22.3 Å². The van der Waals surface area contributed by atoms with Crippen LogP contribution in [0.5, 0.6) is 0 Å². The van der Waals surface area contributed by atoms with Crippen LogP contribution in [-0.4, -0.2) is 38.5 Å². The topological polar surface area (TPSA) is 84.7 Å². The van der Waals surface area contributed by atoms with Crippen LogP contribution in [-0.2, 0) is 11.8 Å². The molecule has 116 valence electrons. The van der Waals surface area contributed by atoms with E-state index >= 15 is 0 Å². The molecule has 4 heterocycles. The zero-order valence-corrected chi connectivity index (χ0v) is 12.7. The number of carbonyl (C=O) groups is 1. The van der Waals surface area contributed by atoms with E-state index in [-0.39, 0.29) is 11.8 Å². The monoisotopic (exact) mass is 308 g/mol. The molecule has 1 saturated heterocycles. The molecule has 7 nitrogen and oxygen atoms in total. The molecule has 0 unspecified atom stereocenters. The van der Waals surface area contributed by atoms with Crippen molar-refractivity contribution in [2.75, 3.05) is 18.4 Å². The summed E-state index contributed by atoms with van der Waals surface area (Å²) in [6.45, 7) is 1.45. The minimum atomic E-state index is -0.00149. The Kier molecular flexibility index (Phi) is 3.27. The third kappa shape index (κ3) is 2.55. The SMILES string of the molecule is Cn1cncc1-c1ccc2cnc(NC(=O)C3CNC3)cc2n1. The lowest BCUT2D eigenvalue weighted by Gasteiger charge is -2.25. The number of fused-ring (bicyclic) bond motifs is 1. The summed E-state index contributed by atoms with van der Waals surface area (Å²) in [4.78, 5) is 25.1. The minimum absolute atomic E-state index is 0.00149. The van der Waals surface area contributed by atoms with Gasteiger partial charge in [0, 0.05) is 37.8 Å². The van der Waals surface area contributed by atoms with Crippen LogP contribution in [0.4, 0.5) is 5.82 Å². The molecular formula is C16H16N6O. The second-order valence-corrected chi connectivity index (χ2v) is 5.69. The Balaban J connectivity index is 1.66. The number of aryl methyl sites for hydroxylation is 1. The average Bonchev–Trinajstić information content (AvgIpc) is 2.91. The molecule has 3 aromatic rings. The fraction of sp³-hybridized carbons (Fsp3) is 0.250. The van der Waals surface area contributed by atoms with Gasteiger partial charge in [-0.15, -0.1) is 0 Å². The number of anilines is 1. The maximum absolute atomic E-state index is 12.0. The number of amides is 1. The standard InChI is InChI=1S/C16H16N6O/c1-22-9-18-8-14(22)12-3-2-10-7-19-15(4-13(10)20-12)21-16(23)11-5-17-6-11/h2-4,7-9,11,17H,5-6H2,1H3,(H,19,21,23). The van der Waals surface area contributed by atoms with Gasteiger partial charge in [0.05, 0.1) is 35.3 Å². The van der Waals surface area contributed by atoms with E-state index in [4.69, 9.17) is 0 Å². The smallest absolute Gasteiger partial charge is 0.231 e. The van der Waals surface area contributed by atoms with Crippen molar-refractivity contribution in [2.24, 2.45) is 13.0 Å². The van der Waals surface area contributed by atoms with Gasteiger partial charge in [-0.2, -0.15) is 0 Å². The van der Waals surface area contributed by atoms with Crippen LogP contribution in [0.3, 0.4) is 0 Å². The van der Waals surface area contributed by atoms with Gasteiger partial charge in [-0.25, -0.2) is 15.0 Å². The van der Waals surface area contributed by atoms with Crippen LogP contribution in [0.1, 0.15) is 0 Å². The highest BCUT2D eigenvalue weighted by Crippen LogP contribution is 2.21. The van der Waals surface area contributed by atoms with Gasteiger partial charge in [0.1, 0.15) is 5.82 Å². The third-order valence-corrected chi connectivity index (χ3v) is 4.06. The van der Waals surface area contributed by atoms with Crippen molar-refractivity contribution in [1.29, 1.82) is 0 Å². The highest BCUT2D eigenvalue weighted by molar-refractivity contribution is 5.94. The van der Waals surface area contributed by atoms with Crippen LogP contribution < -0.4 is 10.6 Å². The van der Waals surface area contributed by atoms with Crippen molar-refractivity contribution >= 4 is 22.6 Å². The lowest BCUT2D eigenvalue weighted by Crippen LogP contribution is -2.48. The number of aromatic nitrogens is 4. The summed E-state index contributed by atoms with van der Waals surface area (Å²) in [5, 5.41) is 6.87. The van der Waals surface area contributed by atoms with Crippen molar-refractivity contribution in [1.82, 2.24) is 24.8 Å². The van der Waals surface area contributed by atoms with Crippen LogP contribution in [0.2, 0.25) is 0 Å². The van der Waals surface area contributed by atoms with Crippen LogP contribution in [0.15, 0.2) is 36.9 Å². The van der Waals surface area contributed by atoms with Gasteiger partial charge in [0.2, 0.25) is 5.91 Å². The molecule has 2 N–H and O–H groups in total. The predicted octanol–water partition coefficient (Wildman–Crippen LogP) is 1.19. The number of rotatable bonds is 3. The van der Waals surface area contributed by atoms with E-state index in [0.29, 0.717) is 5.82 Å². The average molecular weight is 308 g/mol. The molecule has 0 saturated carbocycles. The normalized spacial score (nSPS) is 14.7. The number of hydrogen-bond donors (Lipinski definition) is 2. The number of imidazole rings is 1. The summed E-state index contributed by atoms with van der Waals surface area (Å²) in [6.07, 6.45) is 5.25. The van der Waals surface area contributed by atoms with E-state index in [1.54, 1.807) is 24.8 Å². The first-order valence-corrected chi connectivity index (χ1v) is 7.46. The molecule has 0 radical (unpaired) electrons. The highest BCUT2D eigenvalue weighted by Gasteiger charge is 2.25. The van der Waals surface area contributed by atoms with Crippen LogP contribution >= 0.6 is 0 Å². The summed E-state index contributed by atoms with van der Waals surface area (Å²) in [6, 6.07) is 5.72. The number of carbonyl (C=O) groups excluding carboxylic acids is 1. The lowest BCUT2D eigenvalue weighted by molar-refractivity contribution is -0.121. The Bertz CT molecular complexity index is 883. The Morgan fingerprint density at radius 2 is 2.22 bits per heavy atom. The molecule has 0 spiro atoms. The molecule has 23 heavy (non-hydrogen) atoms. The fourth-order valence-corrected chi connectivity index (χ4v) is 2.53. The molecule has 0 aromatic carbocycles. The second-order valence-electron chi connectivity index (χ2n) is 5.69. The molecule has 4 rings (SSSR count). The van der Waals surface area contributed by atoms with Crippen molar-refractivity contribution < 1.29 is 4.79 Å². The van der Waals surface area contributed by atoms with E-state index in [0.717, 1.165) is 35.4 Å². The molecule has 0 aliphatic carbocycles.